The lowest BCUT2D eigenvalue weighted by Gasteiger charge is -2.12. The monoisotopic (exact) mass is 374 g/mol. The van der Waals surface area contributed by atoms with Gasteiger partial charge in [-0.3, -0.25) is 9.29 Å². The fourth-order valence-electron chi connectivity index (χ4n) is 2.80. The molecule has 0 aliphatic rings. The molecule has 0 aliphatic carbocycles. The van der Waals surface area contributed by atoms with Crippen LogP contribution in [0.1, 0.15) is 18.1 Å². The minimum Gasteiger partial charge on any atom is -0.372 e. The standard InChI is InChI=1S/C18H18N2O5S/c1-4-20-16-8-6-13(10-14(16)17(21)25-18(20)22)26(23,24)19-15-7-5-11(2)9-12(15)3/h5-10,19H,4H2,1-3H3. The van der Waals surface area contributed by atoms with Crippen molar-refractivity contribution in [1.29, 1.82) is 0 Å². The van der Waals surface area contributed by atoms with Crippen molar-refractivity contribution in [3.63, 3.8) is 0 Å². The lowest BCUT2D eigenvalue weighted by atomic mass is 10.1. The summed E-state index contributed by atoms with van der Waals surface area (Å²) in [4.78, 5) is 23.7. The molecule has 3 rings (SSSR count). The van der Waals surface area contributed by atoms with Crippen LogP contribution < -0.4 is 16.1 Å². The van der Waals surface area contributed by atoms with Gasteiger partial charge in [0.2, 0.25) is 0 Å². The number of hydrogen-bond acceptors (Lipinski definition) is 5. The van der Waals surface area contributed by atoms with Gasteiger partial charge in [-0.1, -0.05) is 17.7 Å². The molecule has 0 fully saturated rings. The van der Waals surface area contributed by atoms with Crippen molar-refractivity contribution in [1.82, 2.24) is 4.57 Å². The summed E-state index contributed by atoms with van der Waals surface area (Å²) in [5.74, 6) is -0.769. The van der Waals surface area contributed by atoms with Gasteiger partial charge in [-0.2, -0.15) is 0 Å². The Morgan fingerprint density at radius 1 is 1.08 bits per heavy atom. The summed E-state index contributed by atoms with van der Waals surface area (Å²) in [5, 5.41) is 0.0370. The number of nitrogens with zero attached hydrogens (tertiary/aromatic N) is 1. The third-order valence-corrected chi connectivity index (χ3v) is 5.50. The summed E-state index contributed by atoms with van der Waals surface area (Å²) in [5.41, 5.74) is 1.73. The molecular weight excluding hydrogens is 356 g/mol. The van der Waals surface area contributed by atoms with Crippen LogP contribution in [0.15, 0.2) is 55.3 Å². The van der Waals surface area contributed by atoms with Gasteiger partial charge in [0, 0.05) is 6.54 Å². The SMILES string of the molecule is CCn1c(=O)oc(=O)c2cc(S(=O)(=O)Nc3ccc(C)cc3C)ccc21. The van der Waals surface area contributed by atoms with E-state index in [1.54, 1.807) is 26.0 Å². The Labute approximate surface area is 149 Å². The van der Waals surface area contributed by atoms with Gasteiger partial charge in [0.1, 0.15) is 0 Å². The predicted molar refractivity (Wildman–Crippen MR) is 99.1 cm³/mol. The molecule has 3 aromatic rings. The maximum Gasteiger partial charge on any atom is 0.422 e. The maximum atomic E-state index is 12.7. The number of anilines is 1. The normalized spacial score (nSPS) is 11.7. The van der Waals surface area contributed by atoms with E-state index in [4.69, 9.17) is 0 Å². The molecule has 0 aliphatic heterocycles. The largest absolute Gasteiger partial charge is 0.422 e. The highest BCUT2D eigenvalue weighted by molar-refractivity contribution is 7.92. The third kappa shape index (κ3) is 3.15. The minimum absolute atomic E-state index is 0.0370. The van der Waals surface area contributed by atoms with E-state index in [1.165, 1.54) is 22.8 Å². The van der Waals surface area contributed by atoms with Crippen molar-refractivity contribution < 1.29 is 12.8 Å². The number of rotatable bonds is 4. The molecule has 0 spiro atoms. The Bertz CT molecular complexity index is 1220. The molecule has 0 saturated carbocycles. The number of aromatic nitrogens is 1. The first kappa shape index (κ1) is 17.9. The maximum absolute atomic E-state index is 12.7. The Morgan fingerprint density at radius 2 is 1.81 bits per heavy atom. The first-order chi connectivity index (χ1) is 12.2. The lowest BCUT2D eigenvalue weighted by Crippen LogP contribution is -2.24. The predicted octanol–water partition coefficient (Wildman–Crippen LogP) is 2.39. The van der Waals surface area contributed by atoms with Crippen LogP contribution in [0.5, 0.6) is 0 Å². The van der Waals surface area contributed by atoms with E-state index in [1.807, 2.05) is 13.0 Å². The van der Waals surface area contributed by atoms with E-state index in [0.717, 1.165) is 11.1 Å². The molecule has 0 atom stereocenters. The second kappa shape index (κ2) is 6.45. The van der Waals surface area contributed by atoms with Gasteiger partial charge >= 0.3 is 11.4 Å². The van der Waals surface area contributed by atoms with Gasteiger partial charge in [-0.25, -0.2) is 18.0 Å². The van der Waals surface area contributed by atoms with Gasteiger partial charge in [-0.05, 0) is 50.6 Å². The molecule has 0 radical (unpaired) electrons. The molecule has 1 heterocycles. The number of fused-ring (bicyclic) bond motifs is 1. The van der Waals surface area contributed by atoms with E-state index in [0.29, 0.717) is 17.7 Å². The molecule has 26 heavy (non-hydrogen) atoms. The fourth-order valence-corrected chi connectivity index (χ4v) is 3.96. The zero-order valence-electron chi connectivity index (χ0n) is 14.6. The lowest BCUT2D eigenvalue weighted by molar-refractivity contribution is 0.421. The smallest absolute Gasteiger partial charge is 0.372 e. The third-order valence-electron chi connectivity index (χ3n) is 4.13. The molecule has 0 bridgehead atoms. The van der Waals surface area contributed by atoms with Crippen molar-refractivity contribution in [2.45, 2.75) is 32.2 Å². The Balaban J connectivity index is 2.12. The van der Waals surface area contributed by atoms with Crippen LogP contribution in [-0.4, -0.2) is 13.0 Å². The zero-order chi connectivity index (χ0) is 19.1. The molecule has 7 nitrogen and oxygen atoms in total. The summed E-state index contributed by atoms with van der Waals surface area (Å²) in [6, 6.07) is 9.38. The fraction of sp³-hybridized carbons (Fsp3) is 0.222. The summed E-state index contributed by atoms with van der Waals surface area (Å²) in [6.07, 6.45) is 0. The van der Waals surface area contributed by atoms with Crippen molar-refractivity contribution in [2.24, 2.45) is 0 Å². The summed E-state index contributed by atoms with van der Waals surface area (Å²) < 4.78 is 33.9. The first-order valence-corrected chi connectivity index (χ1v) is 9.49. The Morgan fingerprint density at radius 3 is 2.46 bits per heavy atom. The topological polar surface area (TPSA) is 98.4 Å². The molecule has 8 heteroatoms. The molecule has 0 unspecified atom stereocenters. The van der Waals surface area contributed by atoms with Crippen LogP contribution >= 0.6 is 0 Å². The summed E-state index contributed by atoms with van der Waals surface area (Å²) in [7, 11) is -3.90. The molecule has 2 aromatic carbocycles. The van der Waals surface area contributed by atoms with Crippen LogP contribution in [0, 0.1) is 13.8 Å². The van der Waals surface area contributed by atoms with Gasteiger partial charge < -0.3 is 4.42 Å². The summed E-state index contributed by atoms with van der Waals surface area (Å²) in [6.45, 7) is 5.75. The number of nitrogens with one attached hydrogen (secondary N) is 1. The van der Waals surface area contributed by atoms with Crippen molar-refractivity contribution in [3.8, 4) is 0 Å². The number of benzene rings is 2. The highest BCUT2D eigenvalue weighted by atomic mass is 32.2. The van der Waals surface area contributed by atoms with Crippen LogP contribution in [0.2, 0.25) is 0 Å². The van der Waals surface area contributed by atoms with Crippen LogP contribution in [0.4, 0.5) is 5.69 Å². The van der Waals surface area contributed by atoms with Crippen LogP contribution in [0.25, 0.3) is 10.9 Å². The Hall–Kier alpha value is -2.87. The molecule has 136 valence electrons. The molecule has 0 amide bonds. The van der Waals surface area contributed by atoms with Crippen LogP contribution in [0.3, 0.4) is 0 Å². The number of hydrogen-bond donors (Lipinski definition) is 1. The van der Waals surface area contributed by atoms with E-state index in [-0.39, 0.29) is 10.3 Å². The highest BCUT2D eigenvalue weighted by Crippen LogP contribution is 2.22. The minimum atomic E-state index is -3.90. The quantitative estimate of drug-likeness (QED) is 0.756. The number of sulfonamides is 1. The zero-order valence-corrected chi connectivity index (χ0v) is 15.4. The summed E-state index contributed by atoms with van der Waals surface area (Å²) >= 11 is 0. The Kier molecular flexibility index (Phi) is 4.45. The van der Waals surface area contributed by atoms with Crippen molar-refractivity contribution in [2.75, 3.05) is 4.72 Å². The molecule has 1 aromatic heterocycles. The van der Waals surface area contributed by atoms with Gasteiger partial charge in [-0.15, -0.1) is 0 Å². The second-order valence-electron chi connectivity index (χ2n) is 6.00. The average Bonchev–Trinajstić information content (AvgIpc) is 2.57. The van der Waals surface area contributed by atoms with E-state index in [2.05, 4.69) is 9.14 Å². The average molecular weight is 374 g/mol. The van der Waals surface area contributed by atoms with Crippen LogP contribution in [-0.2, 0) is 16.6 Å². The van der Waals surface area contributed by atoms with Gasteiger partial charge in [0.15, 0.2) is 0 Å². The molecular formula is C18H18N2O5S. The van der Waals surface area contributed by atoms with E-state index < -0.39 is 21.4 Å². The molecule has 1 N–H and O–H groups in total. The van der Waals surface area contributed by atoms with Gasteiger partial charge in [0.25, 0.3) is 10.0 Å². The molecule has 0 saturated heterocycles. The van der Waals surface area contributed by atoms with Crippen molar-refractivity contribution >= 4 is 26.6 Å². The number of aryl methyl sites for hydroxylation is 3. The second-order valence-corrected chi connectivity index (χ2v) is 7.68. The van der Waals surface area contributed by atoms with E-state index in [9.17, 15) is 18.0 Å². The van der Waals surface area contributed by atoms with Gasteiger partial charge in [0.05, 0.1) is 21.5 Å². The highest BCUT2D eigenvalue weighted by Gasteiger charge is 2.18. The van der Waals surface area contributed by atoms with Crippen molar-refractivity contribution in [3.05, 3.63) is 68.5 Å². The van der Waals surface area contributed by atoms with E-state index >= 15 is 0 Å². The first-order valence-electron chi connectivity index (χ1n) is 8.00.